The second-order valence-electron chi connectivity index (χ2n) is 5.85. The van der Waals surface area contributed by atoms with Crippen molar-refractivity contribution in [3.05, 3.63) is 70.3 Å². The number of ether oxygens (including phenoxy) is 1. The van der Waals surface area contributed by atoms with Crippen LogP contribution in [0.3, 0.4) is 0 Å². The van der Waals surface area contributed by atoms with Crippen LogP contribution in [0.15, 0.2) is 43.0 Å². The van der Waals surface area contributed by atoms with E-state index in [1.165, 1.54) is 0 Å². The Kier molecular flexibility index (Phi) is 3.40. The first kappa shape index (κ1) is 15.5. The maximum atomic E-state index is 12.5. The van der Waals surface area contributed by atoms with Crippen LogP contribution in [0.5, 0.6) is 0 Å². The molecule has 0 bridgehead atoms. The first-order valence-electron chi connectivity index (χ1n) is 7.56. The molecule has 0 aliphatic carbocycles. The van der Waals surface area contributed by atoms with Gasteiger partial charge in [-0.1, -0.05) is 30.3 Å². The highest BCUT2D eigenvalue weighted by atomic mass is 35.5. The highest BCUT2D eigenvalue weighted by molar-refractivity contribution is 6.38. The summed E-state index contributed by atoms with van der Waals surface area (Å²) in [6.07, 6.45) is 0. The molecule has 0 saturated heterocycles. The SMILES string of the molecule is C=C(C(N)=O)c1ccc2c(c1)/C(=C1/C(=O)Nc3ccc(Cl)cc31)OC2. The van der Waals surface area contributed by atoms with E-state index in [-0.39, 0.29) is 11.5 Å². The molecular weight excluding hydrogens is 340 g/mol. The predicted molar refractivity (Wildman–Crippen MR) is 96.4 cm³/mol. The van der Waals surface area contributed by atoms with E-state index in [9.17, 15) is 9.59 Å². The van der Waals surface area contributed by atoms with Crippen molar-refractivity contribution in [3.63, 3.8) is 0 Å². The zero-order chi connectivity index (χ0) is 17.7. The van der Waals surface area contributed by atoms with E-state index in [1.807, 2.05) is 6.07 Å². The number of carbonyl (C=O) groups is 2. The number of anilines is 1. The number of carbonyl (C=O) groups excluding carboxylic acids is 2. The molecule has 0 atom stereocenters. The minimum atomic E-state index is -0.594. The summed E-state index contributed by atoms with van der Waals surface area (Å²) in [4.78, 5) is 23.9. The van der Waals surface area contributed by atoms with Crippen molar-refractivity contribution in [2.24, 2.45) is 5.73 Å². The van der Waals surface area contributed by atoms with Crippen LogP contribution in [0, 0.1) is 0 Å². The molecule has 0 fully saturated rings. The zero-order valence-corrected chi connectivity index (χ0v) is 13.8. The van der Waals surface area contributed by atoms with Gasteiger partial charge in [0, 0.05) is 33.0 Å². The van der Waals surface area contributed by atoms with Gasteiger partial charge in [0.15, 0.2) is 0 Å². The molecule has 2 aromatic carbocycles. The molecule has 3 N–H and O–H groups in total. The van der Waals surface area contributed by atoms with Crippen LogP contribution >= 0.6 is 11.6 Å². The van der Waals surface area contributed by atoms with Crippen molar-refractivity contribution in [1.82, 2.24) is 0 Å². The van der Waals surface area contributed by atoms with Crippen molar-refractivity contribution >= 4 is 46.0 Å². The molecule has 0 aromatic heterocycles. The largest absolute Gasteiger partial charge is 0.487 e. The maximum Gasteiger partial charge on any atom is 0.260 e. The molecule has 124 valence electrons. The molecule has 0 saturated carbocycles. The normalized spacial score (nSPS) is 17.6. The monoisotopic (exact) mass is 352 g/mol. The lowest BCUT2D eigenvalue weighted by atomic mass is 9.96. The second-order valence-corrected chi connectivity index (χ2v) is 6.29. The van der Waals surface area contributed by atoms with E-state index in [1.54, 1.807) is 30.3 Å². The lowest BCUT2D eigenvalue weighted by Crippen LogP contribution is -2.12. The van der Waals surface area contributed by atoms with Gasteiger partial charge >= 0.3 is 0 Å². The molecule has 2 amide bonds. The minimum Gasteiger partial charge on any atom is -0.487 e. The third kappa shape index (κ3) is 2.40. The molecule has 25 heavy (non-hydrogen) atoms. The lowest BCUT2D eigenvalue weighted by molar-refractivity contribution is -0.113. The summed E-state index contributed by atoms with van der Waals surface area (Å²) in [5.74, 6) is -0.379. The summed E-state index contributed by atoms with van der Waals surface area (Å²) < 4.78 is 5.80. The molecular formula is C19H13ClN2O3. The average molecular weight is 353 g/mol. The topological polar surface area (TPSA) is 81.4 Å². The van der Waals surface area contributed by atoms with Gasteiger partial charge < -0.3 is 15.8 Å². The highest BCUT2D eigenvalue weighted by Crippen LogP contribution is 2.42. The van der Waals surface area contributed by atoms with Crippen LogP contribution in [-0.2, 0) is 20.9 Å². The van der Waals surface area contributed by atoms with Gasteiger partial charge in [0.2, 0.25) is 5.91 Å². The molecule has 0 spiro atoms. The number of fused-ring (bicyclic) bond motifs is 2. The minimum absolute atomic E-state index is 0.207. The Balaban J connectivity index is 1.91. The van der Waals surface area contributed by atoms with Crippen LogP contribution < -0.4 is 11.1 Å². The Bertz CT molecular complexity index is 1010. The molecule has 0 radical (unpaired) electrons. The maximum absolute atomic E-state index is 12.5. The Morgan fingerprint density at radius 1 is 1.20 bits per heavy atom. The molecule has 2 aliphatic rings. The third-order valence-electron chi connectivity index (χ3n) is 4.33. The molecule has 5 nitrogen and oxygen atoms in total. The molecule has 4 rings (SSSR count). The fraction of sp³-hybridized carbons (Fsp3) is 0.0526. The highest BCUT2D eigenvalue weighted by Gasteiger charge is 2.32. The quantitative estimate of drug-likeness (QED) is 0.814. The third-order valence-corrected chi connectivity index (χ3v) is 4.56. The average Bonchev–Trinajstić information content (AvgIpc) is 3.13. The summed E-state index contributed by atoms with van der Waals surface area (Å²) in [7, 11) is 0. The van der Waals surface area contributed by atoms with Gasteiger partial charge in [-0.05, 0) is 29.8 Å². The van der Waals surface area contributed by atoms with Crippen molar-refractivity contribution in [2.45, 2.75) is 6.61 Å². The van der Waals surface area contributed by atoms with E-state index in [0.29, 0.717) is 39.8 Å². The van der Waals surface area contributed by atoms with Crippen LogP contribution in [0.25, 0.3) is 16.9 Å². The number of benzene rings is 2. The first-order valence-corrected chi connectivity index (χ1v) is 7.94. The number of rotatable bonds is 2. The van der Waals surface area contributed by atoms with Crippen molar-refractivity contribution in [2.75, 3.05) is 5.32 Å². The zero-order valence-electron chi connectivity index (χ0n) is 13.1. The van der Waals surface area contributed by atoms with Crippen molar-refractivity contribution in [3.8, 4) is 0 Å². The van der Waals surface area contributed by atoms with Gasteiger partial charge in [0.1, 0.15) is 12.4 Å². The van der Waals surface area contributed by atoms with Crippen LogP contribution in [0.2, 0.25) is 5.02 Å². The summed E-state index contributed by atoms with van der Waals surface area (Å²) in [5.41, 5.74) is 9.60. The standard InChI is InChI=1S/C19H13ClN2O3/c1-9(18(21)23)10-2-3-11-8-25-17(13(11)6-10)16-14-7-12(20)4-5-15(14)22-19(16)24/h2-7H,1,8H2,(H2,21,23)(H,22,24)/b17-16-. The van der Waals surface area contributed by atoms with Gasteiger partial charge in [-0.2, -0.15) is 0 Å². The fourth-order valence-corrected chi connectivity index (χ4v) is 3.22. The number of nitrogens with two attached hydrogens (primary N) is 1. The molecule has 2 heterocycles. The van der Waals surface area contributed by atoms with E-state index in [4.69, 9.17) is 22.1 Å². The van der Waals surface area contributed by atoms with Crippen LogP contribution in [-0.4, -0.2) is 11.8 Å². The Morgan fingerprint density at radius 3 is 2.76 bits per heavy atom. The molecule has 6 heteroatoms. The fourth-order valence-electron chi connectivity index (χ4n) is 3.04. The summed E-state index contributed by atoms with van der Waals surface area (Å²) in [5, 5.41) is 3.34. The van der Waals surface area contributed by atoms with Gasteiger partial charge in [-0.15, -0.1) is 0 Å². The second kappa shape index (κ2) is 5.50. The number of halogens is 1. The van der Waals surface area contributed by atoms with E-state index in [0.717, 1.165) is 11.1 Å². The van der Waals surface area contributed by atoms with Gasteiger partial charge in [-0.25, -0.2) is 0 Å². The number of nitrogens with one attached hydrogen (secondary N) is 1. The van der Waals surface area contributed by atoms with Crippen LogP contribution in [0.4, 0.5) is 5.69 Å². The molecule has 2 aliphatic heterocycles. The van der Waals surface area contributed by atoms with Gasteiger partial charge in [0.05, 0.1) is 5.57 Å². The van der Waals surface area contributed by atoms with E-state index >= 15 is 0 Å². The molecule has 2 aromatic rings. The Labute approximate surface area is 148 Å². The number of hydrogen-bond acceptors (Lipinski definition) is 3. The van der Waals surface area contributed by atoms with Gasteiger partial charge in [0.25, 0.3) is 5.91 Å². The summed E-state index contributed by atoms with van der Waals surface area (Å²) in [6.45, 7) is 4.05. The van der Waals surface area contributed by atoms with Crippen LogP contribution in [0.1, 0.15) is 22.3 Å². The lowest BCUT2D eigenvalue weighted by Gasteiger charge is -2.07. The smallest absolute Gasteiger partial charge is 0.260 e. The van der Waals surface area contributed by atoms with Crippen molar-refractivity contribution < 1.29 is 14.3 Å². The predicted octanol–water partition coefficient (Wildman–Crippen LogP) is 3.19. The number of amides is 2. The summed E-state index contributed by atoms with van der Waals surface area (Å²) >= 11 is 6.08. The first-order chi connectivity index (χ1) is 12.0. The van der Waals surface area contributed by atoms with E-state index in [2.05, 4.69) is 11.9 Å². The number of primary amides is 1. The molecule has 0 unspecified atom stereocenters. The van der Waals surface area contributed by atoms with Gasteiger partial charge in [-0.3, -0.25) is 9.59 Å². The summed E-state index contributed by atoms with van der Waals surface area (Å²) in [6, 6.07) is 10.6. The Hall–Kier alpha value is -3.05. The Morgan fingerprint density at radius 2 is 2.00 bits per heavy atom. The number of hydrogen-bond donors (Lipinski definition) is 2. The van der Waals surface area contributed by atoms with E-state index < -0.39 is 5.91 Å². The van der Waals surface area contributed by atoms with Crippen molar-refractivity contribution in [1.29, 1.82) is 0 Å².